The first-order chi connectivity index (χ1) is 18.4. The number of carboxylic acids is 1. The van der Waals surface area contributed by atoms with E-state index in [0.717, 1.165) is 37.2 Å². The summed E-state index contributed by atoms with van der Waals surface area (Å²) in [4.78, 5) is 32.2. The number of piperidine rings is 1. The number of fused-ring (bicyclic) bond motifs is 1. The van der Waals surface area contributed by atoms with Crippen molar-refractivity contribution in [2.45, 2.75) is 19.3 Å². The molecule has 1 aromatic heterocycles. The van der Waals surface area contributed by atoms with E-state index in [-0.39, 0.29) is 17.5 Å². The highest BCUT2D eigenvalue weighted by molar-refractivity contribution is 6.22. The van der Waals surface area contributed by atoms with Crippen LogP contribution in [0, 0.1) is 16.0 Å². The molecule has 0 atom stereocenters. The molecule has 1 saturated heterocycles. The third-order valence-corrected chi connectivity index (χ3v) is 7.09. The number of nitrogens with zero attached hydrogens (tertiary/aromatic N) is 3. The molecule has 4 aromatic rings. The fourth-order valence-corrected chi connectivity index (χ4v) is 4.94. The first-order valence-electron chi connectivity index (χ1n) is 12.6. The van der Waals surface area contributed by atoms with Crippen molar-refractivity contribution >= 4 is 34.0 Å². The van der Waals surface area contributed by atoms with E-state index in [2.05, 4.69) is 9.88 Å². The summed E-state index contributed by atoms with van der Waals surface area (Å²) in [5.74, 6) is -1.04. The molecule has 1 aliphatic heterocycles. The van der Waals surface area contributed by atoms with Crippen LogP contribution in [0.2, 0.25) is 0 Å². The number of non-ortho nitro benzene ring substituents is 1. The number of aliphatic imine (C=N–C) groups is 1. The molecule has 38 heavy (non-hydrogen) atoms. The Morgan fingerprint density at radius 1 is 1.05 bits per heavy atom. The van der Waals surface area contributed by atoms with Gasteiger partial charge in [0.1, 0.15) is 0 Å². The Labute approximate surface area is 219 Å². The Bertz CT molecular complexity index is 1490. The predicted molar refractivity (Wildman–Crippen MR) is 145 cm³/mol. The van der Waals surface area contributed by atoms with Crippen LogP contribution in [0.3, 0.4) is 0 Å². The van der Waals surface area contributed by atoms with Gasteiger partial charge in [-0.1, -0.05) is 42.5 Å². The van der Waals surface area contributed by atoms with Gasteiger partial charge in [-0.2, -0.15) is 0 Å². The highest BCUT2D eigenvalue weighted by Gasteiger charge is 2.24. The van der Waals surface area contributed by atoms with E-state index in [4.69, 9.17) is 4.99 Å². The molecule has 5 rings (SSSR count). The number of nitrogens with one attached hydrogen (secondary N) is 1. The molecule has 0 spiro atoms. The van der Waals surface area contributed by atoms with E-state index < -0.39 is 10.9 Å². The number of benzene rings is 3. The molecule has 194 valence electrons. The fraction of sp³-hybridized carbons (Fsp3) is 0.241. The number of aromatic amines is 1. The van der Waals surface area contributed by atoms with Gasteiger partial charge in [-0.25, -0.2) is 4.99 Å². The minimum absolute atomic E-state index is 0.0679. The van der Waals surface area contributed by atoms with E-state index in [9.17, 15) is 25.1 Å². The third kappa shape index (κ3) is 5.42. The second-order valence-electron chi connectivity index (χ2n) is 9.53. The lowest BCUT2D eigenvalue weighted by atomic mass is 9.97. The largest absolute Gasteiger partial charge is 0.494 e. The summed E-state index contributed by atoms with van der Waals surface area (Å²) >= 11 is 0. The molecule has 0 bridgehead atoms. The van der Waals surface area contributed by atoms with Crippen molar-refractivity contribution in [2.75, 3.05) is 19.6 Å². The van der Waals surface area contributed by atoms with Crippen LogP contribution in [-0.4, -0.2) is 56.3 Å². The molecule has 1 fully saturated rings. The molecular weight excluding hydrogens is 484 g/mol. The highest BCUT2D eigenvalue weighted by atomic mass is 16.6. The number of aromatic nitrogens is 1. The lowest BCUT2D eigenvalue weighted by Crippen LogP contribution is -2.37. The van der Waals surface area contributed by atoms with Crippen LogP contribution < -0.4 is 0 Å². The van der Waals surface area contributed by atoms with Crippen molar-refractivity contribution in [1.82, 2.24) is 9.88 Å². The van der Waals surface area contributed by atoms with Crippen molar-refractivity contribution < 1.29 is 19.9 Å². The Morgan fingerprint density at radius 2 is 1.76 bits per heavy atom. The number of rotatable bonds is 8. The summed E-state index contributed by atoms with van der Waals surface area (Å²) in [6.07, 6.45) is 2.23. The summed E-state index contributed by atoms with van der Waals surface area (Å²) in [5, 5.41) is 31.9. The average Bonchev–Trinajstić information content (AvgIpc) is 3.26. The van der Waals surface area contributed by atoms with E-state index in [1.54, 1.807) is 6.07 Å². The minimum atomic E-state index is -0.699. The maximum Gasteiger partial charge on any atom is 0.306 e. The Kier molecular flexibility index (Phi) is 7.19. The quantitative estimate of drug-likeness (QED) is 0.167. The van der Waals surface area contributed by atoms with Crippen molar-refractivity contribution in [3.63, 3.8) is 0 Å². The highest BCUT2D eigenvalue weighted by Crippen LogP contribution is 2.33. The first-order valence-corrected chi connectivity index (χ1v) is 12.6. The number of nitro groups is 1. The number of nitro benzene ring substituents is 1. The predicted octanol–water partition coefficient (Wildman–Crippen LogP) is 5.29. The molecule has 0 saturated carbocycles. The molecule has 0 aliphatic carbocycles. The normalized spacial score (nSPS) is 15.1. The average molecular weight is 513 g/mol. The molecule has 3 N–H and O–H groups in total. The summed E-state index contributed by atoms with van der Waals surface area (Å²) in [5.41, 5.74) is 4.03. The van der Waals surface area contributed by atoms with Crippen molar-refractivity contribution in [1.29, 1.82) is 0 Å². The van der Waals surface area contributed by atoms with E-state index in [0.29, 0.717) is 40.7 Å². The minimum Gasteiger partial charge on any atom is -0.494 e. The third-order valence-electron chi connectivity index (χ3n) is 7.09. The van der Waals surface area contributed by atoms with Crippen LogP contribution in [0.5, 0.6) is 5.88 Å². The standard InChI is InChI=1S/C29H28N4O5/c34-28-26(24-18-23(33(37)38)10-11-25(24)31-28)27(20-4-2-1-3-5-20)30-22-8-6-19(7-9-22)12-15-32-16-13-21(14-17-32)29(35)36/h1-11,18,21,31,34H,12-17H2,(H,35,36). The Hall–Kier alpha value is -4.50. The maximum absolute atomic E-state index is 11.4. The molecule has 1 aliphatic rings. The van der Waals surface area contributed by atoms with Crippen LogP contribution >= 0.6 is 0 Å². The van der Waals surface area contributed by atoms with Crippen molar-refractivity contribution in [3.05, 3.63) is 99.6 Å². The molecule has 0 radical (unpaired) electrons. The van der Waals surface area contributed by atoms with Gasteiger partial charge in [-0.05, 0) is 56.1 Å². The topological polar surface area (TPSA) is 132 Å². The SMILES string of the molecule is O=C(O)C1CCN(CCc2ccc(N=C(c3ccccc3)c3c(O)[nH]c4ccc([N+](=O)[O-])cc34)cc2)CC1. The van der Waals surface area contributed by atoms with Gasteiger partial charge in [0.05, 0.1) is 27.8 Å². The van der Waals surface area contributed by atoms with E-state index >= 15 is 0 Å². The van der Waals surface area contributed by atoms with Crippen LogP contribution in [0.1, 0.15) is 29.5 Å². The van der Waals surface area contributed by atoms with Gasteiger partial charge in [0, 0.05) is 35.1 Å². The smallest absolute Gasteiger partial charge is 0.306 e. The van der Waals surface area contributed by atoms with Gasteiger partial charge in [0.25, 0.3) is 5.69 Å². The van der Waals surface area contributed by atoms with Crippen molar-refractivity contribution in [2.24, 2.45) is 10.9 Å². The van der Waals surface area contributed by atoms with E-state index in [1.165, 1.54) is 12.1 Å². The van der Waals surface area contributed by atoms with Gasteiger partial charge < -0.3 is 20.1 Å². The lowest BCUT2D eigenvalue weighted by molar-refractivity contribution is -0.384. The van der Waals surface area contributed by atoms with Crippen molar-refractivity contribution in [3.8, 4) is 5.88 Å². The Morgan fingerprint density at radius 3 is 2.42 bits per heavy atom. The first kappa shape index (κ1) is 25.2. The summed E-state index contributed by atoms with van der Waals surface area (Å²) in [6, 6.07) is 21.7. The lowest BCUT2D eigenvalue weighted by Gasteiger charge is -2.29. The molecule has 3 aromatic carbocycles. The van der Waals surface area contributed by atoms with Gasteiger partial charge in [0.15, 0.2) is 5.88 Å². The monoisotopic (exact) mass is 512 g/mol. The van der Waals surface area contributed by atoms with Crippen LogP contribution in [0.25, 0.3) is 10.9 Å². The summed E-state index contributed by atoms with van der Waals surface area (Å²) in [6.45, 7) is 2.46. The van der Waals surface area contributed by atoms with Crippen LogP contribution in [0.15, 0.2) is 77.8 Å². The molecule has 9 nitrogen and oxygen atoms in total. The number of hydrogen-bond donors (Lipinski definition) is 3. The Balaban J connectivity index is 1.41. The number of carbonyl (C=O) groups is 1. The zero-order chi connectivity index (χ0) is 26.6. The molecule has 9 heteroatoms. The molecule has 0 unspecified atom stereocenters. The van der Waals surface area contributed by atoms with Crippen LogP contribution in [-0.2, 0) is 11.2 Å². The zero-order valence-electron chi connectivity index (χ0n) is 20.7. The molecule has 2 heterocycles. The second-order valence-corrected chi connectivity index (χ2v) is 9.53. The number of hydrogen-bond acceptors (Lipinski definition) is 6. The number of H-pyrrole nitrogens is 1. The number of carboxylic acid groups (broad SMARTS) is 1. The van der Waals surface area contributed by atoms with E-state index in [1.807, 2.05) is 54.6 Å². The number of likely N-dealkylation sites (tertiary alicyclic amines) is 1. The summed E-state index contributed by atoms with van der Waals surface area (Å²) in [7, 11) is 0. The second kappa shape index (κ2) is 10.9. The molecule has 0 amide bonds. The number of aliphatic carboxylic acids is 1. The van der Waals surface area contributed by atoms with Crippen LogP contribution in [0.4, 0.5) is 11.4 Å². The number of aromatic hydroxyl groups is 1. The zero-order valence-corrected chi connectivity index (χ0v) is 20.7. The van der Waals surface area contributed by atoms with Gasteiger partial charge in [-0.3, -0.25) is 14.9 Å². The molecular formula is C29H28N4O5. The maximum atomic E-state index is 11.4. The fourth-order valence-electron chi connectivity index (χ4n) is 4.94. The van der Waals surface area contributed by atoms with Gasteiger partial charge >= 0.3 is 5.97 Å². The van der Waals surface area contributed by atoms with Gasteiger partial charge in [0.2, 0.25) is 0 Å². The van der Waals surface area contributed by atoms with Gasteiger partial charge in [-0.15, -0.1) is 0 Å². The summed E-state index contributed by atoms with van der Waals surface area (Å²) < 4.78 is 0.